The van der Waals surface area contributed by atoms with Crippen LogP contribution in [-0.2, 0) is 20.9 Å². The number of carbonyl (C=O) groups is 3. The van der Waals surface area contributed by atoms with Crippen molar-refractivity contribution in [1.82, 2.24) is 9.88 Å². The Hall–Kier alpha value is -2.89. The number of nitrogens with two attached hydrogens (primary N) is 2. The molecule has 1 saturated heterocycles. The lowest BCUT2D eigenvalue weighted by molar-refractivity contribution is -0.192. The molecule has 27 heavy (non-hydrogen) atoms. The number of aromatic nitrogens is 1. The van der Waals surface area contributed by atoms with Crippen molar-refractivity contribution in [1.29, 1.82) is 0 Å². The number of primary amides is 1. The zero-order chi connectivity index (χ0) is 20.4. The number of alkyl halides is 3. The molecule has 2 aromatic heterocycles. The number of rotatable bonds is 3. The second-order valence-electron chi connectivity index (χ2n) is 5.64. The van der Waals surface area contributed by atoms with Crippen LogP contribution in [0, 0.1) is 5.92 Å². The fraction of sp³-hybridized carbons (Fsp3) is 0.333. The van der Waals surface area contributed by atoms with Gasteiger partial charge in [-0.1, -0.05) is 0 Å². The van der Waals surface area contributed by atoms with E-state index in [1.165, 1.54) is 0 Å². The molecule has 0 radical (unpaired) electrons. The van der Waals surface area contributed by atoms with Crippen LogP contribution in [-0.4, -0.2) is 45.5 Å². The number of amides is 2. The Kier molecular flexibility index (Phi) is 5.88. The molecule has 0 bridgehead atoms. The van der Waals surface area contributed by atoms with E-state index in [1.54, 1.807) is 22.4 Å². The molecule has 1 aliphatic heterocycles. The van der Waals surface area contributed by atoms with Crippen LogP contribution in [0.4, 0.5) is 19.0 Å². The number of hydrogen-bond donors (Lipinski definition) is 3. The number of hydrogen-bond acceptors (Lipinski definition) is 6. The summed E-state index contributed by atoms with van der Waals surface area (Å²) in [6.07, 6.45) is -2.92. The molecule has 0 aliphatic carbocycles. The van der Waals surface area contributed by atoms with E-state index >= 15 is 0 Å². The average Bonchev–Trinajstić information content (AvgIpc) is 3.13. The van der Waals surface area contributed by atoms with Crippen molar-refractivity contribution in [2.75, 3.05) is 12.3 Å². The zero-order valence-electron chi connectivity index (χ0n) is 13.7. The van der Waals surface area contributed by atoms with Gasteiger partial charge in [0.15, 0.2) is 0 Å². The number of fused-ring (bicyclic) bond motifs is 1. The molecule has 0 spiro atoms. The molecule has 1 fully saturated rings. The lowest BCUT2D eigenvalue weighted by Crippen LogP contribution is -2.33. The van der Waals surface area contributed by atoms with Crippen molar-refractivity contribution in [2.45, 2.75) is 19.1 Å². The Bertz CT molecular complexity index is 884. The van der Waals surface area contributed by atoms with Gasteiger partial charge in [0.1, 0.15) is 11.7 Å². The van der Waals surface area contributed by atoms with Crippen molar-refractivity contribution in [3.05, 3.63) is 23.2 Å². The van der Waals surface area contributed by atoms with Crippen molar-refractivity contribution in [3.8, 4) is 0 Å². The number of likely N-dealkylation sites (tertiary alicyclic amines) is 1. The van der Waals surface area contributed by atoms with Crippen LogP contribution in [0.3, 0.4) is 0 Å². The van der Waals surface area contributed by atoms with E-state index in [1.807, 2.05) is 11.4 Å². The van der Waals surface area contributed by atoms with Crippen LogP contribution in [0.5, 0.6) is 0 Å². The normalized spacial score (nSPS) is 16.9. The molecular formula is C15H15F3N4O4S. The number of halogens is 3. The quantitative estimate of drug-likeness (QED) is 0.660. The minimum Gasteiger partial charge on any atom is -0.475 e. The first-order valence-corrected chi connectivity index (χ1v) is 8.39. The minimum absolute atomic E-state index is 0.195. The molecule has 146 valence electrons. The Labute approximate surface area is 154 Å². The number of pyridine rings is 1. The van der Waals surface area contributed by atoms with Gasteiger partial charge in [-0.2, -0.15) is 13.2 Å². The predicted octanol–water partition coefficient (Wildman–Crippen LogP) is 1.35. The number of anilines is 1. The monoisotopic (exact) mass is 404 g/mol. The highest BCUT2D eigenvalue weighted by atomic mass is 32.1. The van der Waals surface area contributed by atoms with Crippen LogP contribution >= 0.6 is 11.3 Å². The summed E-state index contributed by atoms with van der Waals surface area (Å²) in [5, 5.41) is 10.0. The molecule has 2 amide bonds. The number of thiophene rings is 1. The van der Waals surface area contributed by atoms with E-state index in [0.717, 1.165) is 15.6 Å². The molecular weight excluding hydrogens is 389 g/mol. The second-order valence-corrected chi connectivity index (χ2v) is 6.55. The summed E-state index contributed by atoms with van der Waals surface area (Å²) in [6.45, 7) is 0.989. The molecule has 12 heteroatoms. The predicted molar refractivity (Wildman–Crippen MR) is 90.4 cm³/mol. The molecule has 8 nitrogen and oxygen atoms in total. The van der Waals surface area contributed by atoms with E-state index in [9.17, 15) is 22.8 Å². The van der Waals surface area contributed by atoms with Gasteiger partial charge in [0.25, 0.3) is 0 Å². The van der Waals surface area contributed by atoms with Gasteiger partial charge in [0.05, 0.1) is 0 Å². The topological polar surface area (TPSA) is 140 Å². The van der Waals surface area contributed by atoms with Crippen molar-refractivity contribution in [2.24, 2.45) is 11.7 Å². The van der Waals surface area contributed by atoms with Gasteiger partial charge in [0, 0.05) is 29.4 Å². The largest absolute Gasteiger partial charge is 0.490 e. The first-order valence-electron chi connectivity index (χ1n) is 7.51. The van der Waals surface area contributed by atoms with Crippen molar-refractivity contribution in [3.63, 3.8) is 0 Å². The molecule has 3 heterocycles. The Morgan fingerprint density at radius 2 is 2.04 bits per heavy atom. The SMILES string of the molecule is NC(=O)C1CCN(Cc2csc3ccnc(N)c23)C1=O.O=C(O)C(F)(F)F. The third kappa shape index (κ3) is 4.64. The molecule has 0 saturated carbocycles. The van der Waals surface area contributed by atoms with E-state index in [4.69, 9.17) is 21.4 Å². The smallest absolute Gasteiger partial charge is 0.475 e. The van der Waals surface area contributed by atoms with Crippen LogP contribution < -0.4 is 11.5 Å². The van der Waals surface area contributed by atoms with E-state index in [0.29, 0.717) is 25.3 Å². The molecule has 1 aliphatic rings. The van der Waals surface area contributed by atoms with Gasteiger partial charge < -0.3 is 21.5 Å². The van der Waals surface area contributed by atoms with E-state index in [-0.39, 0.29) is 5.91 Å². The number of nitrogens with zero attached hydrogens (tertiary/aromatic N) is 2. The van der Waals surface area contributed by atoms with Gasteiger partial charge in [0.2, 0.25) is 11.8 Å². The van der Waals surface area contributed by atoms with Gasteiger partial charge in [-0.05, 0) is 23.4 Å². The summed E-state index contributed by atoms with van der Waals surface area (Å²) in [4.78, 5) is 37.9. The summed E-state index contributed by atoms with van der Waals surface area (Å²) in [7, 11) is 0. The van der Waals surface area contributed by atoms with Gasteiger partial charge in [-0.15, -0.1) is 11.3 Å². The van der Waals surface area contributed by atoms with Gasteiger partial charge in [-0.3, -0.25) is 9.59 Å². The highest BCUT2D eigenvalue weighted by molar-refractivity contribution is 7.17. The van der Waals surface area contributed by atoms with Crippen LogP contribution in [0.25, 0.3) is 10.1 Å². The Morgan fingerprint density at radius 3 is 2.56 bits per heavy atom. The number of nitrogen functional groups attached to an aromatic ring is 1. The molecule has 3 rings (SSSR count). The lowest BCUT2D eigenvalue weighted by atomic mass is 10.1. The fourth-order valence-corrected chi connectivity index (χ4v) is 3.51. The fourth-order valence-electron chi connectivity index (χ4n) is 2.56. The average molecular weight is 404 g/mol. The van der Waals surface area contributed by atoms with E-state index < -0.39 is 24.0 Å². The van der Waals surface area contributed by atoms with Crippen LogP contribution in [0.2, 0.25) is 0 Å². The molecule has 2 aromatic rings. The molecule has 5 N–H and O–H groups in total. The maximum absolute atomic E-state index is 12.1. The maximum atomic E-state index is 12.1. The third-order valence-electron chi connectivity index (χ3n) is 3.84. The van der Waals surface area contributed by atoms with Gasteiger partial charge >= 0.3 is 12.1 Å². The summed E-state index contributed by atoms with van der Waals surface area (Å²) in [5.41, 5.74) is 12.1. The zero-order valence-corrected chi connectivity index (χ0v) is 14.5. The number of carboxylic acid groups (broad SMARTS) is 1. The summed E-state index contributed by atoms with van der Waals surface area (Å²) < 4.78 is 32.8. The second kappa shape index (κ2) is 7.78. The van der Waals surface area contributed by atoms with E-state index in [2.05, 4.69) is 4.98 Å². The highest BCUT2D eigenvalue weighted by Crippen LogP contribution is 2.31. The summed E-state index contributed by atoms with van der Waals surface area (Å²) in [6, 6.07) is 1.90. The first kappa shape index (κ1) is 20.4. The summed E-state index contributed by atoms with van der Waals surface area (Å²) in [5.74, 6) is -3.71. The first-order chi connectivity index (χ1) is 12.5. The number of carbonyl (C=O) groups excluding carboxylic acids is 2. The number of carboxylic acids is 1. The van der Waals surface area contributed by atoms with Crippen LogP contribution in [0.1, 0.15) is 12.0 Å². The molecule has 0 aromatic carbocycles. The maximum Gasteiger partial charge on any atom is 0.490 e. The Morgan fingerprint density at radius 1 is 1.41 bits per heavy atom. The Balaban J connectivity index is 0.000000321. The standard InChI is InChI=1S/C13H14N4O2S.C2HF3O2/c14-11-10-7(6-20-9(10)1-3-16-11)5-17-4-2-8(12(15)18)13(17)19;3-2(4,5)1(6)7/h1,3,6,8H,2,4-5H2,(H2,14,16)(H2,15,18);(H,6,7). The molecule has 1 unspecified atom stereocenters. The lowest BCUT2D eigenvalue weighted by Gasteiger charge is -2.15. The van der Waals surface area contributed by atoms with Crippen LogP contribution in [0.15, 0.2) is 17.6 Å². The van der Waals surface area contributed by atoms with Gasteiger partial charge in [-0.25, -0.2) is 9.78 Å². The summed E-state index contributed by atoms with van der Waals surface area (Å²) >= 11 is 1.57. The number of aliphatic carboxylic acids is 1. The molecule has 1 atom stereocenters. The minimum atomic E-state index is -5.08. The third-order valence-corrected chi connectivity index (χ3v) is 4.83. The van der Waals surface area contributed by atoms with Crippen molar-refractivity contribution >= 4 is 45.0 Å². The highest BCUT2D eigenvalue weighted by Gasteiger charge is 2.38. The van der Waals surface area contributed by atoms with Crippen molar-refractivity contribution < 1.29 is 32.7 Å².